The first-order chi connectivity index (χ1) is 7.04. The third kappa shape index (κ3) is 2.85. The Morgan fingerprint density at radius 2 is 2.33 bits per heavy atom. The number of phenols is 1. The number of ether oxygens (including phenoxy) is 1. The number of carbonyl (C=O) groups is 1. The van der Waals surface area contributed by atoms with Crippen molar-refractivity contribution in [2.75, 3.05) is 7.11 Å². The molecule has 1 aromatic carbocycles. The lowest BCUT2D eigenvalue weighted by molar-refractivity contribution is -0.437. The maximum Gasteiger partial charge on any atom is 0.160 e. The number of carbonyl (C=O) groups excluding carboxylic acids is 1. The summed E-state index contributed by atoms with van der Waals surface area (Å²) in [6.45, 7) is 0. The molecule has 5 nitrogen and oxygen atoms in total. The number of aromatic hydroxyl groups is 1. The monoisotopic (exact) mass is 211 g/mol. The maximum atomic E-state index is 10.5. The van der Waals surface area contributed by atoms with E-state index >= 15 is 0 Å². The Kier molecular flexibility index (Phi) is 3.51. The number of quaternary nitrogens is 1. The predicted octanol–water partition coefficient (Wildman–Crippen LogP) is -1.70. The number of phenolic OH excluding ortho intramolecular Hbond substituents is 1. The summed E-state index contributed by atoms with van der Waals surface area (Å²) in [6.07, 6.45) is 0.222. The number of hydrogen-bond acceptors (Lipinski definition) is 4. The zero-order valence-electron chi connectivity index (χ0n) is 8.40. The summed E-state index contributed by atoms with van der Waals surface area (Å²) in [7, 11) is 1.44. The summed E-state index contributed by atoms with van der Waals surface area (Å²) < 4.78 is 4.86. The fraction of sp³-hybridized carbons (Fsp3) is 0.300. The lowest BCUT2D eigenvalue weighted by Crippen LogP contribution is -2.69. The van der Waals surface area contributed by atoms with E-state index in [1.807, 2.05) is 0 Å². The summed E-state index contributed by atoms with van der Waals surface area (Å²) in [4.78, 5) is 10.5. The van der Waals surface area contributed by atoms with Gasteiger partial charge >= 0.3 is 0 Å². The molecule has 1 rings (SSSR count). The third-order valence-electron chi connectivity index (χ3n) is 2.06. The highest BCUT2D eigenvalue weighted by Crippen LogP contribution is 2.26. The minimum atomic E-state index is -1.20. The highest BCUT2D eigenvalue weighted by Gasteiger charge is 2.10. The van der Waals surface area contributed by atoms with Crippen LogP contribution in [-0.4, -0.2) is 24.2 Å². The maximum absolute atomic E-state index is 10.5. The van der Waals surface area contributed by atoms with Crippen molar-refractivity contribution in [3.63, 3.8) is 0 Å². The lowest BCUT2D eigenvalue weighted by atomic mass is 10.1. The smallest absolute Gasteiger partial charge is 0.160 e. The predicted molar refractivity (Wildman–Crippen MR) is 50.0 cm³/mol. The molecule has 0 amide bonds. The number of hydrogen-bond donors (Lipinski definition) is 2. The summed E-state index contributed by atoms with van der Waals surface area (Å²) in [5, 5.41) is 19.9. The zero-order valence-corrected chi connectivity index (χ0v) is 8.40. The van der Waals surface area contributed by atoms with Crippen LogP contribution in [0.25, 0.3) is 0 Å². The van der Waals surface area contributed by atoms with Crippen molar-refractivity contribution >= 4 is 5.97 Å². The Morgan fingerprint density at radius 3 is 2.80 bits per heavy atom. The molecule has 0 heterocycles. The molecule has 0 fully saturated rings. The Morgan fingerprint density at radius 1 is 1.67 bits per heavy atom. The fourth-order valence-corrected chi connectivity index (χ4v) is 1.23. The average molecular weight is 211 g/mol. The SMILES string of the molecule is COc1ccc(C[C@H]([NH3+])C(=O)[O-])cc1O. The van der Waals surface area contributed by atoms with E-state index in [-0.39, 0.29) is 12.2 Å². The minimum absolute atomic E-state index is 0.0134. The summed E-state index contributed by atoms with van der Waals surface area (Å²) in [5.74, 6) is -0.862. The lowest BCUT2D eigenvalue weighted by Gasteiger charge is -2.10. The molecule has 4 N–H and O–H groups in total. The molecule has 0 saturated heterocycles. The van der Waals surface area contributed by atoms with E-state index in [0.29, 0.717) is 11.3 Å². The van der Waals surface area contributed by atoms with Gasteiger partial charge < -0.3 is 25.5 Å². The van der Waals surface area contributed by atoms with Crippen molar-refractivity contribution in [1.29, 1.82) is 0 Å². The molecule has 1 aromatic rings. The molecule has 0 saturated carbocycles. The van der Waals surface area contributed by atoms with Crippen LogP contribution in [0.2, 0.25) is 0 Å². The molecule has 0 aromatic heterocycles. The van der Waals surface area contributed by atoms with Gasteiger partial charge in [-0.15, -0.1) is 0 Å². The Bertz CT molecular complexity index is 364. The number of rotatable bonds is 4. The minimum Gasteiger partial charge on any atom is -0.544 e. The van der Waals surface area contributed by atoms with Gasteiger partial charge in [0.25, 0.3) is 0 Å². The topological polar surface area (TPSA) is 97.2 Å². The van der Waals surface area contributed by atoms with E-state index < -0.39 is 12.0 Å². The number of carboxylic acid groups (broad SMARTS) is 1. The normalized spacial score (nSPS) is 12.1. The first-order valence-corrected chi connectivity index (χ1v) is 4.44. The van der Waals surface area contributed by atoms with E-state index in [0.717, 1.165) is 0 Å². The van der Waals surface area contributed by atoms with Gasteiger partial charge in [-0.2, -0.15) is 0 Å². The van der Waals surface area contributed by atoms with Crippen molar-refractivity contribution in [2.24, 2.45) is 0 Å². The molecule has 82 valence electrons. The van der Waals surface area contributed by atoms with Crippen molar-refractivity contribution in [3.05, 3.63) is 23.8 Å². The number of methoxy groups -OCH3 is 1. The molecular formula is C10H13NO4. The van der Waals surface area contributed by atoms with E-state index in [1.54, 1.807) is 12.1 Å². The van der Waals surface area contributed by atoms with Crippen LogP contribution < -0.4 is 15.6 Å². The molecule has 0 aliphatic rings. The highest BCUT2D eigenvalue weighted by atomic mass is 16.5. The number of benzene rings is 1. The van der Waals surface area contributed by atoms with Crippen LogP contribution in [0.4, 0.5) is 0 Å². The van der Waals surface area contributed by atoms with Crippen LogP contribution in [-0.2, 0) is 11.2 Å². The average Bonchev–Trinajstić information content (AvgIpc) is 2.18. The Balaban J connectivity index is 2.79. The molecule has 0 radical (unpaired) electrons. The van der Waals surface area contributed by atoms with Crippen LogP contribution >= 0.6 is 0 Å². The van der Waals surface area contributed by atoms with Gasteiger partial charge in [-0.3, -0.25) is 0 Å². The van der Waals surface area contributed by atoms with Gasteiger partial charge in [0.05, 0.1) is 13.1 Å². The molecule has 0 aliphatic heterocycles. The van der Waals surface area contributed by atoms with Crippen molar-refractivity contribution in [1.82, 2.24) is 0 Å². The molecule has 0 unspecified atom stereocenters. The summed E-state index contributed by atoms with van der Waals surface area (Å²) in [6, 6.07) is 3.89. The van der Waals surface area contributed by atoms with Crippen LogP contribution in [0.15, 0.2) is 18.2 Å². The van der Waals surface area contributed by atoms with Crippen LogP contribution in [0, 0.1) is 0 Å². The molecule has 0 aliphatic carbocycles. The molecule has 5 heteroatoms. The fourth-order valence-electron chi connectivity index (χ4n) is 1.23. The van der Waals surface area contributed by atoms with Gasteiger partial charge in [0.2, 0.25) is 0 Å². The number of aliphatic carboxylic acids is 1. The second kappa shape index (κ2) is 4.65. The first kappa shape index (κ1) is 11.3. The van der Waals surface area contributed by atoms with Gasteiger partial charge in [0, 0.05) is 6.42 Å². The molecular weight excluding hydrogens is 198 g/mol. The van der Waals surface area contributed by atoms with Crippen LogP contribution in [0.3, 0.4) is 0 Å². The standard InChI is InChI=1S/C10H13NO4/c1-15-9-3-2-6(5-8(9)12)4-7(11)10(13)14/h2-3,5,7,12H,4,11H2,1H3,(H,13,14)/t7-/m0/s1. The highest BCUT2D eigenvalue weighted by molar-refractivity contribution is 5.69. The van der Waals surface area contributed by atoms with Gasteiger partial charge in [-0.1, -0.05) is 6.07 Å². The zero-order chi connectivity index (χ0) is 11.4. The second-order valence-corrected chi connectivity index (χ2v) is 3.23. The van der Waals surface area contributed by atoms with Gasteiger partial charge in [-0.05, 0) is 17.7 Å². The van der Waals surface area contributed by atoms with Crippen molar-refractivity contribution in [3.8, 4) is 11.5 Å². The first-order valence-electron chi connectivity index (χ1n) is 4.44. The largest absolute Gasteiger partial charge is 0.544 e. The van der Waals surface area contributed by atoms with E-state index in [4.69, 9.17) is 4.74 Å². The molecule has 1 atom stereocenters. The molecule has 0 bridgehead atoms. The Hall–Kier alpha value is -1.75. The van der Waals surface area contributed by atoms with E-state index in [1.165, 1.54) is 13.2 Å². The Labute approximate surface area is 87.1 Å². The van der Waals surface area contributed by atoms with Crippen LogP contribution in [0.5, 0.6) is 11.5 Å². The van der Waals surface area contributed by atoms with Gasteiger partial charge in [0.1, 0.15) is 6.04 Å². The van der Waals surface area contributed by atoms with E-state index in [2.05, 4.69) is 5.73 Å². The summed E-state index contributed by atoms with van der Waals surface area (Å²) >= 11 is 0. The van der Waals surface area contributed by atoms with Crippen LogP contribution in [0.1, 0.15) is 5.56 Å². The molecule has 15 heavy (non-hydrogen) atoms. The third-order valence-corrected chi connectivity index (χ3v) is 2.06. The van der Waals surface area contributed by atoms with Gasteiger partial charge in [-0.25, -0.2) is 0 Å². The van der Waals surface area contributed by atoms with Crippen molar-refractivity contribution in [2.45, 2.75) is 12.5 Å². The molecule has 0 spiro atoms. The second-order valence-electron chi connectivity index (χ2n) is 3.23. The van der Waals surface area contributed by atoms with E-state index in [9.17, 15) is 15.0 Å². The van der Waals surface area contributed by atoms with Gasteiger partial charge in [0.15, 0.2) is 11.5 Å². The quantitative estimate of drug-likeness (QED) is 0.620. The van der Waals surface area contributed by atoms with Crippen molar-refractivity contribution < 1.29 is 25.5 Å². The number of carboxylic acids is 1. The summed E-state index contributed by atoms with van der Waals surface area (Å²) in [5.41, 5.74) is 4.11.